The Balaban J connectivity index is 2.42. The van der Waals surface area contributed by atoms with Gasteiger partial charge in [0.2, 0.25) is 0 Å². The molecular weight excluding hydrogens is 275 g/mol. The number of nitrogens with one attached hydrogen (secondary N) is 1. The van der Waals surface area contributed by atoms with Gasteiger partial charge < -0.3 is 5.21 Å². The molecule has 0 spiro atoms. The second-order valence-electron chi connectivity index (χ2n) is 4.59. The minimum atomic E-state index is -4.43. The molecule has 20 heavy (non-hydrogen) atoms. The molecule has 0 aliphatic carbocycles. The maximum Gasteiger partial charge on any atom is 0.416 e. The zero-order chi connectivity index (χ0) is 15.1. The van der Waals surface area contributed by atoms with Crippen molar-refractivity contribution >= 4 is 11.6 Å². The molecule has 0 bridgehead atoms. The summed E-state index contributed by atoms with van der Waals surface area (Å²) in [5.74, 6) is -0.505. The van der Waals surface area contributed by atoms with E-state index in [0.717, 1.165) is 17.1 Å². The lowest BCUT2D eigenvalue weighted by Crippen LogP contribution is -2.53. The third kappa shape index (κ3) is 2.16. The van der Waals surface area contributed by atoms with E-state index in [9.17, 15) is 23.2 Å². The van der Waals surface area contributed by atoms with Crippen LogP contribution in [0.5, 0.6) is 0 Å². The van der Waals surface area contributed by atoms with Crippen LogP contribution >= 0.6 is 0 Å². The Bertz CT molecular complexity index is 568. The lowest BCUT2D eigenvalue weighted by molar-refractivity contribution is -0.137. The van der Waals surface area contributed by atoms with Gasteiger partial charge >= 0.3 is 6.18 Å². The number of nitrogens with zero attached hydrogens (tertiary/aromatic N) is 2. The third-order valence-electron chi connectivity index (χ3n) is 3.15. The summed E-state index contributed by atoms with van der Waals surface area (Å²) in [4.78, 5) is 11.9. The van der Waals surface area contributed by atoms with Crippen LogP contribution in [0.1, 0.15) is 18.1 Å². The maximum atomic E-state index is 12.5. The molecule has 5 nitrogen and oxygen atoms in total. The van der Waals surface area contributed by atoms with Gasteiger partial charge in [0.15, 0.2) is 5.54 Å². The minimum absolute atomic E-state index is 0.154. The molecule has 8 heteroatoms. The van der Waals surface area contributed by atoms with Gasteiger partial charge in [-0.25, -0.2) is 5.01 Å². The Morgan fingerprint density at radius 3 is 2.30 bits per heavy atom. The average Bonchev–Trinajstić information content (AvgIpc) is 2.63. The van der Waals surface area contributed by atoms with Crippen LogP contribution in [0.3, 0.4) is 0 Å². The second kappa shape index (κ2) is 4.57. The number of carbonyl (C=O) groups excluding carboxylic acids is 1. The predicted molar refractivity (Wildman–Crippen MR) is 64.1 cm³/mol. The van der Waals surface area contributed by atoms with Crippen molar-refractivity contribution in [3.05, 3.63) is 35.4 Å². The molecule has 1 aliphatic rings. The van der Waals surface area contributed by atoms with E-state index in [1.165, 1.54) is 26.1 Å². The van der Waals surface area contributed by atoms with Crippen molar-refractivity contribution in [3.63, 3.8) is 0 Å². The van der Waals surface area contributed by atoms with Gasteiger partial charge in [-0.2, -0.15) is 23.8 Å². The van der Waals surface area contributed by atoms with Crippen molar-refractivity contribution in [2.45, 2.75) is 18.6 Å². The highest BCUT2D eigenvalue weighted by atomic mass is 19.4. The van der Waals surface area contributed by atoms with E-state index in [1.54, 1.807) is 0 Å². The van der Waals surface area contributed by atoms with E-state index in [4.69, 9.17) is 0 Å². The van der Waals surface area contributed by atoms with E-state index in [2.05, 4.69) is 5.10 Å². The largest absolute Gasteiger partial charge is 0.416 e. The Labute approximate surface area is 112 Å². The highest BCUT2D eigenvalue weighted by molar-refractivity contribution is 6.23. The highest BCUT2D eigenvalue weighted by Gasteiger charge is 2.46. The van der Waals surface area contributed by atoms with Crippen LogP contribution in [0.2, 0.25) is 0 Å². The molecule has 0 saturated heterocycles. The van der Waals surface area contributed by atoms with Gasteiger partial charge in [-0.1, -0.05) is 12.1 Å². The van der Waals surface area contributed by atoms with Gasteiger partial charge in [0.25, 0.3) is 5.91 Å². The first kappa shape index (κ1) is 14.5. The molecule has 1 amide bonds. The molecular formula is C12H12F3N3O2. The summed E-state index contributed by atoms with van der Waals surface area (Å²) in [6.07, 6.45) is -4.43. The molecule has 0 aromatic heterocycles. The van der Waals surface area contributed by atoms with Crippen LogP contribution < -0.4 is 5.48 Å². The van der Waals surface area contributed by atoms with Crippen LogP contribution in [-0.2, 0) is 11.0 Å². The van der Waals surface area contributed by atoms with Crippen molar-refractivity contribution in [2.24, 2.45) is 5.10 Å². The van der Waals surface area contributed by atoms with Crippen molar-refractivity contribution < 1.29 is 23.2 Å². The number of halogens is 3. The SMILES string of the molecule is CN1N=C(c2ccc(C(F)(F)F)cc2)C(C)(NO)C1=O. The zero-order valence-corrected chi connectivity index (χ0v) is 10.7. The fraction of sp³-hybridized carbons (Fsp3) is 0.333. The lowest BCUT2D eigenvalue weighted by Gasteiger charge is -2.22. The Morgan fingerprint density at radius 2 is 1.85 bits per heavy atom. The van der Waals surface area contributed by atoms with Crippen LogP contribution in [0, 0.1) is 0 Å². The lowest BCUT2D eigenvalue weighted by atomic mass is 9.91. The number of hydrogen-bond donors (Lipinski definition) is 2. The van der Waals surface area contributed by atoms with Crippen molar-refractivity contribution in [2.75, 3.05) is 7.05 Å². The first-order valence-electron chi connectivity index (χ1n) is 5.66. The zero-order valence-electron chi connectivity index (χ0n) is 10.7. The van der Waals surface area contributed by atoms with Gasteiger partial charge in [0, 0.05) is 12.6 Å². The molecule has 2 rings (SSSR count). The first-order valence-corrected chi connectivity index (χ1v) is 5.66. The molecule has 1 heterocycles. The number of likely N-dealkylation sites (N-methyl/N-ethyl adjacent to an activating group) is 1. The predicted octanol–water partition coefficient (Wildman–Crippen LogP) is 1.62. The normalized spacial score (nSPS) is 23.2. The number of alkyl halides is 3. The number of hydrogen-bond acceptors (Lipinski definition) is 4. The highest BCUT2D eigenvalue weighted by Crippen LogP contribution is 2.30. The number of rotatable bonds is 2. The molecule has 1 unspecified atom stereocenters. The van der Waals surface area contributed by atoms with Crippen LogP contribution in [-0.4, -0.2) is 34.4 Å². The molecule has 2 N–H and O–H groups in total. The quantitative estimate of drug-likeness (QED) is 0.812. The van der Waals surface area contributed by atoms with E-state index < -0.39 is 23.2 Å². The van der Waals surface area contributed by atoms with Gasteiger partial charge in [-0.3, -0.25) is 4.79 Å². The van der Waals surface area contributed by atoms with E-state index in [-0.39, 0.29) is 5.71 Å². The minimum Gasteiger partial charge on any atom is -0.315 e. The molecule has 0 saturated carbocycles. The van der Waals surface area contributed by atoms with Crippen molar-refractivity contribution in [1.29, 1.82) is 0 Å². The molecule has 1 aromatic carbocycles. The topological polar surface area (TPSA) is 64.9 Å². The summed E-state index contributed by atoms with van der Waals surface area (Å²) in [6, 6.07) is 4.23. The number of benzene rings is 1. The van der Waals surface area contributed by atoms with Gasteiger partial charge in [-0.05, 0) is 19.1 Å². The third-order valence-corrected chi connectivity index (χ3v) is 3.15. The summed E-state index contributed by atoms with van der Waals surface area (Å²) in [5, 5.41) is 14.1. The smallest absolute Gasteiger partial charge is 0.315 e. The number of carbonyl (C=O) groups is 1. The van der Waals surface area contributed by atoms with Crippen LogP contribution in [0.15, 0.2) is 29.4 Å². The second-order valence-corrected chi connectivity index (χ2v) is 4.59. The number of hydrazone groups is 1. The number of hydroxylamine groups is 1. The van der Waals surface area contributed by atoms with Crippen molar-refractivity contribution in [3.8, 4) is 0 Å². The molecule has 108 valence electrons. The standard InChI is InChI=1S/C12H12F3N3O2/c1-11(17-20)9(16-18(2)10(11)19)7-3-5-8(6-4-7)12(13,14)15/h3-6,17,20H,1-2H3. The summed E-state index contributed by atoms with van der Waals surface area (Å²) in [5.41, 5.74) is 0.0718. The summed E-state index contributed by atoms with van der Waals surface area (Å²) < 4.78 is 37.5. The summed E-state index contributed by atoms with van der Waals surface area (Å²) in [6.45, 7) is 1.40. The Kier molecular flexibility index (Phi) is 3.31. The van der Waals surface area contributed by atoms with Crippen LogP contribution in [0.25, 0.3) is 0 Å². The Morgan fingerprint density at radius 1 is 1.30 bits per heavy atom. The molecule has 1 atom stereocenters. The molecule has 0 radical (unpaired) electrons. The fourth-order valence-electron chi connectivity index (χ4n) is 1.98. The molecule has 0 fully saturated rings. The first-order chi connectivity index (χ1) is 9.20. The maximum absolute atomic E-state index is 12.5. The summed E-state index contributed by atoms with van der Waals surface area (Å²) in [7, 11) is 1.40. The van der Waals surface area contributed by atoms with Crippen molar-refractivity contribution in [1.82, 2.24) is 10.5 Å². The Hall–Kier alpha value is -1.93. The fourth-order valence-corrected chi connectivity index (χ4v) is 1.98. The number of amides is 1. The van der Waals surface area contributed by atoms with Crippen LogP contribution in [0.4, 0.5) is 13.2 Å². The van der Waals surface area contributed by atoms with E-state index >= 15 is 0 Å². The van der Waals surface area contributed by atoms with Gasteiger partial charge in [0.1, 0.15) is 0 Å². The van der Waals surface area contributed by atoms with Gasteiger partial charge in [0.05, 0.1) is 11.3 Å². The average molecular weight is 287 g/mol. The van der Waals surface area contributed by atoms with E-state index in [0.29, 0.717) is 5.56 Å². The van der Waals surface area contributed by atoms with Gasteiger partial charge in [-0.15, -0.1) is 0 Å². The summed E-state index contributed by atoms with van der Waals surface area (Å²) >= 11 is 0. The van der Waals surface area contributed by atoms with E-state index in [1.807, 2.05) is 5.48 Å². The molecule has 1 aromatic rings. The monoisotopic (exact) mass is 287 g/mol. The molecule has 1 aliphatic heterocycles.